The number of hydrogen-bond acceptors (Lipinski definition) is 9. The molecule has 0 amide bonds. The predicted molar refractivity (Wildman–Crippen MR) is 88.7 cm³/mol. The van der Waals surface area contributed by atoms with Crippen LogP contribution in [0.2, 0.25) is 0 Å². The van der Waals surface area contributed by atoms with Gasteiger partial charge < -0.3 is 39.0 Å². The molecule has 146 valence electrons. The minimum Gasteiger partial charge on any atom is -0.380 e. The molecule has 24 heavy (non-hydrogen) atoms. The summed E-state index contributed by atoms with van der Waals surface area (Å²) < 4.78 is 31.9. The van der Waals surface area contributed by atoms with Crippen LogP contribution in [0, 0.1) is 0 Å². The molecule has 0 spiro atoms. The number of ether oxygens (including phenoxy) is 6. The van der Waals surface area contributed by atoms with Crippen LogP contribution in [0.5, 0.6) is 0 Å². The van der Waals surface area contributed by atoms with Crippen molar-refractivity contribution in [3.8, 4) is 0 Å². The van der Waals surface area contributed by atoms with Crippen molar-refractivity contribution < 1.29 is 33.3 Å². The van der Waals surface area contributed by atoms with Gasteiger partial charge in [-0.2, -0.15) is 0 Å². The monoisotopic (exact) mass is 354 g/mol. The molecular formula is C15H34N2O7. The lowest BCUT2D eigenvalue weighted by Gasteiger charge is -2.08. The molecule has 9 heteroatoms. The van der Waals surface area contributed by atoms with E-state index >= 15 is 0 Å². The molecule has 0 radical (unpaired) electrons. The fraction of sp³-hybridized carbons (Fsp3) is 1.00. The van der Waals surface area contributed by atoms with Gasteiger partial charge in [-0.1, -0.05) is 0 Å². The Kier molecular flexibility index (Phi) is 22.3. The van der Waals surface area contributed by atoms with Crippen LogP contribution in [-0.4, -0.2) is 92.4 Å². The van der Waals surface area contributed by atoms with Gasteiger partial charge in [-0.3, -0.25) is 0 Å². The number of nitrogens with two attached hydrogens (primary N) is 2. The average molecular weight is 354 g/mol. The second-order valence-electron chi connectivity index (χ2n) is 4.69. The molecule has 0 rings (SSSR count). The molecule has 0 fully saturated rings. The molecule has 0 aliphatic heterocycles. The van der Waals surface area contributed by atoms with E-state index in [1.807, 2.05) is 0 Å². The highest BCUT2D eigenvalue weighted by atomic mass is 16.6. The van der Waals surface area contributed by atoms with Gasteiger partial charge in [0.15, 0.2) is 0 Å². The molecule has 0 aliphatic rings. The van der Waals surface area contributed by atoms with Crippen LogP contribution < -0.4 is 11.6 Å². The summed E-state index contributed by atoms with van der Waals surface area (Å²) in [7, 11) is 0. The Morgan fingerprint density at radius 2 is 0.750 bits per heavy atom. The van der Waals surface area contributed by atoms with Crippen molar-refractivity contribution in [2.24, 2.45) is 11.6 Å². The van der Waals surface area contributed by atoms with Crippen LogP contribution in [0.15, 0.2) is 0 Å². The van der Waals surface area contributed by atoms with Gasteiger partial charge in [0.1, 0.15) is 0 Å². The molecule has 0 saturated heterocycles. The van der Waals surface area contributed by atoms with E-state index in [0.717, 1.165) is 6.42 Å². The first-order chi connectivity index (χ1) is 11.9. The zero-order chi connectivity index (χ0) is 17.6. The van der Waals surface area contributed by atoms with Crippen LogP contribution in [0.4, 0.5) is 0 Å². The van der Waals surface area contributed by atoms with Gasteiger partial charge in [-0.25, -0.2) is 5.90 Å². The summed E-state index contributed by atoms with van der Waals surface area (Å²) in [5.74, 6) is 4.86. The van der Waals surface area contributed by atoms with Crippen molar-refractivity contribution in [1.82, 2.24) is 0 Å². The standard InChI is InChI=1S/C15H34N2O7/c16-2-5-18-3-1-4-19-6-7-20-8-9-21-10-11-22-12-13-23-14-15-24-17/h1-17H2. The Balaban J connectivity index is 2.93. The summed E-state index contributed by atoms with van der Waals surface area (Å²) in [6.45, 7) is 7.72. The van der Waals surface area contributed by atoms with Gasteiger partial charge in [0.05, 0.1) is 72.7 Å². The molecule has 0 aromatic heterocycles. The van der Waals surface area contributed by atoms with Crippen LogP contribution in [0.25, 0.3) is 0 Å². The van der Waals surface area contributed by atoms with E-state index in [-0.39, 0.29) is 0 Å². The fourth-order valence-electron chi connectivity index (χ4n) is 1.54. The van der Waals surface area contributed by atoms with Crippen molar-refractivity contribution in [3.63, 3.8) is 0 Å². The largest absolute Gasteiger partial charge is 0.380 e. The van der Waals surface area contributed by atoms with E-state index in [1.54, 1.807) is 0 Å². The normalized spacial score (nSPS) is 11.2. The molecule has 0 aromatic carbocycles. The summed E-state index contributed by atoms with van der Waals surface area (Å²) >= 11 is 0. The Labute approximate surface area is 144 Å². The Hall–Kier alpha value is -0.360. The predicted octanol–water partition coefficient (Wildman–Crippen LogP) is -0.675. The Morgan fingerprint density at radius 3 is 1.12 bits per heavy atom. The first-order valence-corrected chi connectivity index (χ1v) is 8.40. The van der Waals surface area contributed by atoms with E-state index < -0.39 is 0 Å². The second-order valence-corrected chi connectivity index (χ2v) is 4.69. The zero-order valence-corrected chi connectivity index (χ0v) is 14.6. The second kappa shape index (κ2) is 22.6. The lowest BCUT2D eigenvalue weighted by molar-refractivity contribution is -0.0176. The molecule has 0 unspecified atom stereocenters. The van der Waals surface area contributed by atoms with Gasteiger partial charge in [-0.15, -0.1) is 0 Å². The number of rotatable bonds is 21. The quantitative estimate of drug-likeness (QED) is 0.204. The van der Waals surface area contributed by atoms with Gasteiger partial charge in [-0.05, 0) is 6.42 Å². The Morgan fingerprint density at radius 1 is 0.417 bits per heavy atom. The number of hydrogen-bond donors (Lipinski definition) is 2. The van der Waals surface area contributed by atoms with Crippen molar-refractivity contribution in [3.05, 3.63) is 0 Å². The maximum Gasteiger partial charge on any atom is 0.0913 e. The van der Waals surface area contributed by atoms with Crippen LogP contribution in [0.3, 0.4) is 0 Å². The minimum atomic E-state index is 0.386. The summed E-state index contributed by atoms with van der Waals surface area (Å²) in [4.78, 5) is 4.36. The molecule has 4 N–H and O–H groups in total. The third-order valence-electron chi connectivity index (χ3n) is 2.67. The molecule has 0 aliphatic carbocycles. The summed E-state index contributed by atoms with van der Waals surface area (Å²) in [5, 5.41) is 0. The highest BCUT2D eigenvalue weighted by Gasteiger charge is 1.94. The zero-order valence-electron chi connectivity index (χ0n) is 14.6. The summed E-state index contributed by atoms with van der Waals surface area (Å²) in [6, 6.07) is 0. The summed E-state index contributed by atoms with van der Waals surface area (Å²) in [5.41, 5.74) is 5.31. The maximum absolute atomic E-state index is 5.40. The van der Waals surface area contributed by atoms with Gasteiger partial charge in [0.25, 0.3) is 0 Å². The molecule has 0 atom stereocenters. The van der Waals surface area contributed by atoms with Crippen LogP contribution in [0.1, 0.15) is 6.42 Å². The minimum absolute atomic E-state index is 0.386. The molecule has 9 nitrogen and oxygen atoms in total. The van der Waals surface area contributed by atoms with Crippen molar-refractivity contribution >= 4 is 0 Å². The van der Waals surface area contributed by atoms with Crippen LogP contribution >= 0.6 is 0 Å². The Bertz CT molecular complexity index is 204. The average Bonchev–Trinajstić information content (AvgIpc) is 2.60. The van der Waals surface area contributed by atoms with Crippen LogP contribution in [-0.2, 0) is 33.3 Å². The van der Waals surface area contributed by atoms with E-state index in [1.165, 1.54) is 0 Å². The van der Waals surface area contributed by atoms with Gasteiger partial charge in [0, 0.05) is 19.8 Å². The lowest BCUT2D eigenvalue weighted by atomic mass is 10.5. The fourth-order valence-corrected chi connectivity index (χ4v) is 1.54. The van der Waals surface area contributed by atoms with Crippen molar-refractivity contribution in [1.29, 1.82) is 0 Å². The topological polar surface area (TPSA) is 117 Å². The molecular weight excluding hydrogens is 320 g/mol. The van der Waals surface area contributed by atoms with Gasteiger partial charge in [0.2, 0.25) is 0 Å². The molecule has 0 heterocycles. The van der Waals surface area contributed by atoms with E-state index in [2.05, 4.69) is 4.84 Å². The summed E-state index contributed by atoms with van der Waals surface area (Å²) in [6.07, 6.45) is 0.870. The first-order valence-electron chi connectivity index (χ1n) is 8.40. The van der Waals surface area contributed by atoms with Crippen molar-refractivity contribution in [2.75, 3.05) is 92.4 Å². The van der Waals surface area contributed by atoms with E-state index in [0.29, 0.717) is 92.4 Å². The third kappa shape index (κ3) is 21.6. The molecule has 0 aromatic rings. The first kappa shape index (κ1) is 23.6. The molecule has 0 saturated carbocycles. The third-order valence-corrected chi connectivity index (χ3v) is 2.67. The molecule has 0 bridgehead atoms. The maximum atomic E-state index is 5.40. The highest BCUT2D eigenvalue weighted by molar-refractivity contribution is 4.38. The van der Waals surface area contributed by atoms with Gasteiger partial charge >= 0.3 is 0 Å². The van der Waals surface area contributed by atoms with Crippen molar-refractivity contribution in [2.45, 2.75) is 6.42 Å². The SMILES string of the molecule is NCCOCCCOCCOCCOCCOCCOCCON. The highest BCUT2D eigenvalue weighted by Crippen LogP contribution is 1.87. The van der Waals surface area contributed by atoms with E-state index in [9.17, 15) is 0 Å². The smallest absolute Gasteiger partial charge is 0.0913 e. The lowest BCUT2D eigenvalue weighted by Crippen LogP contribution is -2.14. The van der Waals surface area contributed by atoms with E-state index in [4.69, 9.17) is 40.1 Å².